The molecular weight excluding hydrogens is 535 g/mol. The van der Waals surface area contributed by atoms with E-state index in [1.807, 2.05) is 56.8 Å². The first-order chi connectivity index (χ1) is 20.1. The number of amides is 1. The molecule has 0 radical (unpaired) electrons. The summed E-state index contributed by atoms with van der Waals surface area (Å²) in [6, 6.07) is 26.6. The van der Waals surface area contributed by atoms with Crippen LogP contribution in [0.25, 0.3) is 17.1 Å². The Morgan fingerprint density at radius 3 is 2.32 bits per heavy atom. The van der Waals surface area contributed by atoms with Gasteiger partial charge in [-0.25, -0.2) is 4.39 Å². The van der Waals surface area contributed by atoms with Gasteiger partial charge in [0.25, 0.3) is 5.91 Å². The zero-order valence-corrected chi connectivity index (χ0v) is 23.5. The fourth-order valence-electron chi connectivity index (χ4n) is 5.00. The van der Waals surface area contributed by atoms with Gasteiger partial charge in [0.05, 0.1) is 5.69 Å². The highest BCUT2D eigenvalue weighted by atomic mass is 32.2. The lowest BCUT2D eigenvalue weighted by Crippen LogP contribution is -2.49. The van der Waals surface area contributed by atoms with Crippen LogP contribution in [0.1, 0.15) is 21.5 Å². The molecular formula is C32H29FN6OS. The molecule has 41 heavy (non-hydrogen) atoms. The molecule has 5 aromatic rings. The number of carbonyl (C=O) groups excluding carboxylic acids is 1. The molecule has 1 fully saturated rings. The number of aromatic nitrogens is 4. The van der Waals surface area contributed by atoms with Gasteiger partial charge in [0.15, 0.2) is 11.0 Å². The van der Waals surface area contributed by atoms with Gasteiger partial charge in [-0.3, -0.25) is 14.3 Å². The van der Waals surface area contributed by atoms with Crippen LogP contribution in [0.5, 0.6) is 0 Å². The normalized spacial score (nSPS) is 13.4. The van der Waals surface area contributed by atoms with Gasteiger partial charge in [-0.2, -0.15) is 0 Å². The Bertz CT molecular complexity index is 1650. The molecule has 1 aliphatic heterocycles. The Morgan fingerprint density at radius 2 is 1.56 bits per heavy atom. The van der Waals surface area contributed by atoms with Crippen LogP contribution in [0.3, 0.4) is 0 Å². The van der Waals surface area contributed by atoms with E-state index < -0.39 is 0 Å². The van der Waals surface area contributed by atoms with Crippen molar-refractivity contribution in [2.24, 2.45) is 0 Å². The predicted molar refractivity (Wildman–Crippen MR) is 160 cm³/mol. The first-order valence-electron chi connectivity index (χ1n) is 13.5. The molecule has 1 amide bonds. The van der Waals surface area contributed by atoms with Crippen LogP contribution in [-0.4, -0.2) is 56.7 Å². The Kier molecular flexibility index (Phi) is 7.78. The maximum atomic E-state index is 14.3. The van der Waals surface area contributed by atoms with Gasteiger partial charge in [0.1, 0.15) is 5.82 Å². The standard InChI is InChI=1S/C32H29FN6OS/c1-23-10-12-26(13-11-23)39-30(24-14-16-34-17-15-24)35-36-32(39)41-22-25-6-2-3-7-27(25)31(40)38-20-18-37(19-21-38)29-9-5-4-8-28(29)33/h2-17H,18-22H2,1H3. The largest absolute Gasteiger partial charge is 0.366 e. The van der Waals surface area contributed by atoms with Crippen molar-refractivity contribution in [2.75, 3.05) is 31.1 Å². The third-order valence-corrected chi connectivity index (χ3v) is 8.21. The lowest BCUT2D eigenvalue weighted by Gasteiger charge is -2.36. The number of benzene rings is 3. The minimum atomic E-state index is -0.236. The maximum Gasteiger partial charge on any atom is 0.254 e. The van der Waals surface area contributed by atoms with Gasteiger partial charge in [-0.15, -0.1) is 10.2 Å². The highest BCUT2D eigenvalue weighted by Gasteiger charge is 2.25. The molecule has 0 saturated carbocycles. The minimum absolute atomic E-state index is 0.00754. The number of rotatable bonds is 7. The van der Waals surface area contributed by atoms with Crippen molar-refractivity contribution in [3.05, 3.63) is 120 Å². The van der Waals surface area contributed by atoms with E-state index in [9.17, 15) is 9.18 Å². The molecule has 0 spiro atoms. The number of carbonyl (C=O) groups is 1. The molecule has 3 heterocycles. The number of thioether (sulfide) groups is 1. The summed E-state index contributed by atoms with van der Waals surface area (Å²) in [5.74, 6) is 1.04. The zero-order chi connectivity index (χ0) is 28.2. The predicted octanol–water partition coefficient (Wildman–Crippen LogP) is 6.03. The maximum absolute atomic E-state index is 14.3. The van der Waals surface area contributed by atoms with Crippen molar-refractivity contribution in [2.45, 2.75) is 17.8 Å². The summed E-state index contributed by atoms with van der Waals surface area (Å²) in [6.45, 7) is 4.29. The average Bonchev–Trinajstić information content (AvgIpc) is 3.45. The Balaban J connectivity index is 1.21. The van der Waals surface area contributed by atoms with Crippen LogP contribution in [0, 0.1) is 12.7 Å². The summed E-state index contributed by atoms with van der Waals surface area (Å²) in [7, 11) is 0. The van der Waals surface area contributed by atoms with E-state index >= 15 is 0 Å². The summed E-state index contributed by atoms with van der Waals surface area (Å²) in [5, 5.41) is 9.80. The monoisotopic (exact) mass is 564 g/mol. The first kappa shape index (κ1) is 26.7. The quantitative estimate of drug-likeness (QED) is 0.225. The third-order valence-electron chi connectivity index (χ3n) is 7.23. The SMILES string of the molecule is Cc1ccc(-n2c(SCc3ccccc3C(=O)N3CCN(c4ccccc4F)CC3)nnc2-c2ccncc2)cc1. The number of hydrogen-bond donors (Lipinski definition) is 0. The summed E-state index contributed by atoms with van der Waals surface area (Å²) in [4.78, 5) is 21.6. The van der Waals surface area contributed by atoms with Gasteiger partial charge in [0, 0.05) is 61.1 Å². The number of anilines is 1. The molecule has 0 atom stereocenters. The molecule has 9 heteroatoms. The molecule has 0 unspecified atom stereocenters. The number of para-hydroxylation sites is 1. The number of pyridine rings is 1. The molecule has 0 bridgehead atoms. The third kappa shape index (κ3) is 5.71. The zero-order valence-electron chi connectivity index (χ0n) is 22.7. The second-order valence-corrected chi connectivity index (χ2v) is 10.8. The number of halogens is 1. The van der Waals surface area contributed by atoms with Gasteiger partial charge >= 0.3 is 0 Å². The van der Waals surface area contributed by atoms with Crippen molar-refractivity contribution >= 4 is 23.4 Å². The van der Waals surface area contributed by atoms with E-state index in [0.29, 0.717) is 43.2 Å². The van der Waals surface area contributed by atoms with E-state index in [1.54, 1.807) is 36.3 Å². The van der Waals surface area contributed by atoms with E-state index in [-0.39, 0.29) is 11.7 Å². The van der Waals surface area contributed by atoms with E-state index in [4.69, 9.17) is 0 Å². The van der Waals surface area contributed by atoms with E-state index in [0.717, 1.165) is 27.8 Å². The second kappa shape index (κ2) is 11.9. The number of aryl methyl sites for hydroxylation is 1. The highest BCUT2D eigenvalue weighted by molar-refractivity contribution is 7.98. The Labute approximate surface area is 242 Å². The lowest BCUT2D eigenvalue weighted by atomic mass is 10.1. The first-order valence-corrected chi connectivity index (χ1v) is 14.5. The van der Waals surface area contributed by atoms with Gasteiger partial charge in [0.2, 0.25) is 0 Å². The van der Waals surface area contributed by atoms with Crippen molar-refractivity contribution in [3.8, 4) is 17.1 Å². The number of hydrogen-bond acceptors (Lipinski definition) is 6. The van der Waals surface area contributed by atoms with Crippen LogP contribution in [-0.2, 0) is 5.75 Å². The summed E-state index contributed by atoms with van der Waals surface area (Å²) >= 11 is 1.55. The van der Waals surface area contributed by atoms with Crippen molar-refractivity contribution in [3.63, 3.8) is 0 Å². The van der Waals surface area contributed by atoms with Crippen molar-refractivity contribution in [1.82, 2.24) is 24.6 Å². The van der Waals surface area contributed by atoms with Crippen LogP contribution in [0.2, 0.25) is 0 Å². The topological polar surface area (TPSA) is 67.2 Å². The second-order valence-electron chi connectivity index (χ2n) is 9.89. The van der Waals surface area contributed by atoms with E-state index in [2.05, 4.69) is 46.4 Å². The van der Waals surface area contributed by atoms with Crippen LogP contribution in [0.15, 0.2) is 102 Å². The molecule has 0 aliphatic carbocycles. The van der Waals surface area contributed by atoms with Crippen LogP contribution >= 0.6 is 11.8 Å². The number of nitrogens with zero attached hydrogens (tertiary/aromatic N) is 6. The highest BCUT2D eigenvalue weighted by Crippen LogP contribution is 2.31. The van der Waals surface area contributed by atoms with Crippen LogP contribution in [0.4, 0.5) is 10.1 Å². The van der Waals surface area contributed by atoms with Crippen molar-refractivity contribution in [1.29, 1.82) is 0 Å². The smallest absolute Gasteiger partial charge is 0.254 e. The van der Waals surface area contributed by atoms with E-state index in [1.165, 1.54) is 11.6 Å². The summed E-state index contributed by atoms with van der Waals surface area (Å²) in [6.07, 6.45) is 3.49. The molecule has 6 rings (SSSR count). The molecule has 3 aromatic carbocycles. The molecule has 7 nitrogen and oxygen atoms in total. The summed E-state index contributed by atoms with van der Waals surface area (Å²) in [5.41, 5.74) is 5.25. The fourth-order valence-corrected chi connectivity index (χ4v) is 5.96. The van der Waals surface area contributed by atoms with Gasteiger partial charge in [-0.1, -0.05) is 59.8 Å². The number of piperazine rings is 1. The molecule has 2 aromatic heterocycles. The summed E-state index contributed by atoms with van der Waals surface area (Å²) < 4.78 is 16.3. The Hall–Kier alpha value is -4.50. The minimum Gasteiger partial charge on any atom is -0.366 e. The lowest BCUT2D eigenvalue weighted by molar-refractivity contribution is 0.0746. The molecule has 1 saturated heterocycles. The van der Waals surface area contributed by atoms with Gasteiger partial charge in [-0.05, 0) is 55.0 Å². The Morgan fingerprint density at radius 1 is 0.854 bits per heavy atom. The van der Waals surface area contributed by atoms with Crippen LogP contribution < -0.4 is 4.90 Å². The molecule has 1 aliphatic rings. The molecule has 206 valence electrons. The van der Waals surface area contributed by atoms with Crippen molar-refractivity contribution < 1.29 is 9.18 Å². The average molecular weight is 565 g/mol. The molecule has 0 N–H and O–H groups in total. The van der Waals surface area contributed by atoms with Gasteiger partial charge < -0.3 is 9.80 Å². The fraction of sp³-hybridized carbons (Fsp3) is 0.188.